The van der Waals surface area contributed by atoms with Crippen molar-refractivity contribution in [2.75, 3.05) is 14.2 Å². The van der Waals surface area contributed by atoms with Crippen LogP contribution in [-0.2, 0) is 0 Å². The molecule has 110 valence electrons. The van der Waals surface area contributed by atoms with Crippen molar-refractivity contribution in [1.29, 1.82) is 0 Å². The molecule has 0 fully saturated rings. The standard InChI is InChI=1S/C15H13BrClNO3/c1-20-13-4-3-11(7-14(13)21-2)18-8-9-5-10(17)6-12(16)15(9)19/h3-8,19H,1-2H3. The van der Waals surface area contributed by atoms with Gasteiger partial charge in [-0.15, -0.1) is 0 Å². The molecule has 2 rings (SSSR count). The number of rotatable bonds is 4. The van der Waals surface area contributed by atoms with Crippen molar-refractivity contribution in [2.24, 2.45) is 4.99 Å². The van der Waals surface area contributed by atoms with Crippen molar-refractivity contribution in [1.82, 2.24) is 0 Å². The SMILES string of the molecule is COc1ccc(N=Cc2cc(Cl)cc(Br)c2O)cc1OC. The first-order chi connectivity index (χ1) is 10.0. The number of nitrogens with zero attached hydrogens (tertiary/aromatic N) is 1. The molecule has 2 aromatic carbocycles. The molecule has 0 aliphatic heterocycles. The van der Waals surface area contributed by atoms with Crippen LogP contribution in [-0.4, -0.2) is 25.5 Å². The molecule has 0 atom stereocenters. The van der Waals surface area contributed by atoms with Gasteiger partial charge < -0.3 is 14.6 Å². The van der Waals surface area contributed by atoms with Gasteiger partial charge in [-0.25, -0.2) is 0 Å². The Morgan fingerprint density at radius 2 is 1.86 bits per heavy atom. The maximum absolute atomic E-state index is 9.94. The van der Waals surface area contributed by atoms with Crippen LogP contribution in [0.1, 0.15) is 5.56 Å². The number of benzene rings is 2. The zero-order valence-electron chi connectivity index (χ0n) is 11.4. The van der Waals surface area contributed by atoms with E-state index in [0.29, 0.717) is 32.2 Å². The monoisotopic (exact) mass is 369 g/mol. The van der Waals surface area contributed by atoms with Gasteiger partial charge >= 0.3 is 0 Å². The number of aliphatic imine (C=N–C) groups is 1. The first kappa shape index (κ1) is 15.7. The molecule has 1 N–H and O–H groups in total. The van der Waals surface area contributed by atoms with E-state index in [1.807, 2.05) is 0 Å². The van der Waals surface area contributed by atoms with E-state index in [4.69, 9.17) is 21.1 Å². The summed E-state index contributed by atoms with van der Waals surface area (Å²) in [5.41, 5.74) is 1.19. The Hall–Kier alpha value is -1.72. The lowest BCUT2D eigenvalue weighted by Crippen LogP contribution is -1.89. The fraction of sp³-hybridized carbons (Fsp3) is 0.133. The van der Waals surface area contributed by atoms with E-state index in [1.165, 1.54) is 6.21 Å². The topological polar surface area (TPSA) is 51.0 Å². The third kappa shape index (κ3) is 3.68. The highest BCUT2D eigenvalue weighted by molar-refractivity contribution is 9.10. The van der Waals surface area contributed by atoms with Crippen LogP contribution in [0.3, 0.4) is 0 Å². The fourth-order valence-electron chi connectivity index (χ4n) is 1.73. The summed E-state index contributed by atoms with van der Waals surface area (Å²) < 4.78 is 10.9. The summed E-state index contributed by atoms with van der Waals surface area (Å²) >= 11 is 9.18. The number of phenolic OH excluding ortho intramolecular Hbond substituents is 1. The Labute approximate surface area is 136 Å². The average molecular weight is 371 g/mol. The predicted molar refractivity (Wildman–Crippen MR) is 87.6 cm³/mol. The molecule has 4 nitrogen and oxygen atoms in total. The quantitative estimate of drug-likeness (QED) is 0.802. The number of hydrogen-bond acceptors (Lipinski definition) is 4. The lowest BCUT2D eigenvalue weighted by Gasteiger charge is -2.07. The second-order valence-corrected chi connectivity index (χ2v) is 5.41. The van der Waals surface area contributed by atoms with Crippen LogP contribution in [0.4, 0.5) is 5.69 Å². The van der Waals surface area contributed by atoms with Crippen molar-refractivity contribution >= 4 is 39.4 Å². The van der Waals surface area contributed by atoms with E-state index >= 15 is 0 Å². The van der Waals surface area contributed by atoms with Gasteiger partial charge in [-0.3, -0.25) is 4.99 Å². The average Bonchev–Trinajstić information content (AvgIpc) is 2.49. The molecule has 0 unspecified atom stereocenters. The maximum atomic E-state index is 9.94. The minimum Gasteiger partial charge on any atom is -0.506 e. The number of methoxy groups -OCH3 is 2. The van der Waals surface area contributed by atoms with Gasteiger partial charge in [0.1, 0.15) is 5.75 Å². The molecule has 0 aliphatic rings. The minimum atomic E-state index is 0.0867. The van der Waals surface area contributed by atoms with Crippen LogP contribution < -0.4 is 9.47 Å². The van der Waals surface area contributed by atoms with Crippen LogP contribution in [0, 0.1) is 0 Å². The van der Waals surface area contributed by atoms with Gasteiger partial charge in [-0.2, -0.15) is 0 Å². The Kier molecular flexibility index (Phi) is 5.09. The third-order valence-corrected chi connectivity index (χ3v) is 3.60. The number of halogens is 2. The molecule has 0 aromatic heterocycles. The van der Waals surface area contributed by atoms with Gasteiger partial charge in [0.2, 0.25) is 0 Å². The Morgan fingerprint density at radius 3 is 2.52 bits per heavy atom. The van der Waals surface area contributed by atoms with Gasteiger partial charge in [0, 0.05) is 22.9 Å². The van der Waals surface area contributed by atoms with E-state index < -0.39 is 0 Å². The van der Waals surface area contributed by atoms with Gasteiger partial charge in [0.05, 0.1) is 24.4 Å². The van der Waals surface area contributed by atoms with E-state index in [9.17, 15) is 5.11 Å². The Bertz CT molecular complexity index is 689. The molecule has 2 aromatic rings. The minimum absolute atomic E-state index is 0.0867. The van der Waals surface area contributed by atoms with Gasteiger partial charge in [0.25, 0.3) is 0 Å². The highest BCUT2D eigenvalue weighted by Gasteiger charge is 2.06. The molecule has 0 heterocycles. The summed E-state index contributed by atoms with van der Waals surface area (Å²) in [6, 6.07) is 8.54. The van der Waals surface area contributed by atoms with Crippen molar-refractivity contribution in [3.05, 3.63) is 45.4 Å². The summed E-state index contributed by atoms with van der Waals surface area (Å²) in [5, 5.41) is 10.4. The first-order valence-corrected chi connectivity index (χ1v) is 7.16. The largest absolute Gasteiger partial charge is 0.506 e. The lowest BCUT2D eigenvalue weighted by molar-refractivity contribution is 0.355. The van der Waals surface area contributed by atoms with Crippen molar-refractivity contribution in [3.8, 4) is 17.2 Å². The molecule has 0 radical (unpaired) electrons. The van der Waals surface area contributed by atoms with Gasteiger partial charge in [0.15, 0.2) is 11.5 Å². The van der Waals surface area contributed by atoms with Crippen LogP contribution in [0.2, 0.25) is 5.02 Å². The fourth-order valence-corrected chi connectivity index (χ4v) is 2.57. The summed E-state index contributed by atoms with van der Waals surface area (Å²) in [5.74, 6) is 1.30. The molecule has 0 spiro atoms. The first-order valence-electron chi connectivity index (χ1n) is 5.99. The molecule has 0 bridgehead atoms. The van der Waals surface area contributed by atoms with Gasteiger partial charge in [-0.05, 0) is 40.2 Å². The Balaban J connectivity index is 2.34. The van der Waals surface area contributed by atoms with Crippen LogP contribution >= 0.6 is 27.5 Å². The van der Waals surface area contributed by atoms with Crippen LogP contribution in [0.25, 0.3) is 0 Å². The molecular formula is C15H13BrClNO3. The van der Waals surface area contributed by atoms with E-state index in [-0.39, 0.29) is 5.75 Å². The number of hydrogen-bond donors (Lipinski definition) is 1. The number of phenols is 1. The van der Waals surface area contributed by atoms with E-state index in [0.717, 1.165) is 0 Å². The zero-order chi connectivity index (χ0) is 15.4. The highest BCUT2D eigenvalue weighted by Crippen LogP contribution is 2.33. The summed E-state index contributed by atoms with van der Waals surface area (Å²) in [4.78, 5) is 4.30. The number of ether oxygens (including phenoxy) is 2. The second kappa shape index (κ2) is 6.83. The number of aromatic hydroxyl groups is 1. The smallest absolute Gasteiger partial charge is 0.162 e. The van der Waals surface area contributed by atoms with E-state index in [1.54, 1.807) is 44.6 Å². The van der Waals surface area contributed by atoms with Crippen molar-refractivity contribution < 1.29 is 14.6 Å². The Morgan fingerprint density at radius 1 is 1.14 bits per heavy atom. The predicted octanol–water partition coefficient (Wildman–Crippen LogP) is 4.58. The summed E-state index contributed by atoms with van der Waals surface area (Å²) in [6.07, 6.45) is 1.53. The highest BCUT2D eigenvalue weighted by atomic mass is 79.9. The van der Waals surface area contributed by atoms with Gasteiger partial charge in [-0.1, -0.05) is 11.6 Å². The molecule has 0 saturated carbocycles. The lowest BCUT2D eigenvalue weighted by atomic mass is 10.2. The zero-order valence-corrected chi connectivity index (χ0v) is 13.8. The third-order valence-electron chi connectivity index (χ3n) is 2.78. The molecule has 0 saturated heterocycles. The normalized spacial score (nSPS) is 10.9. The van der Waals surface area contributed by atoms with Crippen molar-refractivity contribution in [2.45, 2.75) is 0 Å². The molecular weight excluding hydrogens is 358 g/mol. The van der Waals surface area contributed by atoms with Crippen LogP contribution in [0.5, 0.6) is 17.2 Å². The second-order valence-electron chi connectivity index (χ2n) is 4.12. The molecule has 0 aliphatic carbocycles. The van der Waals surface area contributed by atoms with Crippen LogP contribution in [0.15, 0.2) is 39.8 Å². The molecule has 0 amide bonds. The summed E-state index contributed by atoms with van der Waals surface area (Å²) in [7, 11) is 3.13. The molecule has 21 heavy (non-hydrogen) atoms. The maximum Gasteiger partial charge on any atom is 0.162 e. The summed E-state index contributed by atoms with van der Waals surface area (Å²) in [6.45, 7) is 0. The molecule has 6 heteroatoms. The van der Waals surface area contributed by atoms with E-state index in [2.05, 4.69) is 20.9 Å². The van der Waals surface area contributed by atoms with Crippen molar-refractivity contribution in [3.63, 3.8) is 0 Å².